The average molecular weight is 331 g/mol. The maximum atomic E-state index is 13.0. The van der Waals surface area contributed by atoms with Crippen LogP contribution >= 0.6 is 0 Å². The van der Waals surface area contributed by atoms with Crippen molar-refractivity contribution in [2.45, 2.75) is 11.7 Å². The summed E-state index contributed by atoms with van der Waals surface area (Å²) in [7, 11) is 3.06. The summed E-state index contributed by atoms with van der Waals surface area (Å²) in [6.45, 7) is 0.274. The van der Waals surface area contributed by atoms with Crippen LogP contribution in [0.2, 0.25) is 0 Å². The van der Waals surface area contributed by atoms with E-state index < -0.39 is 29.5 Å². The summed E-state index contributed by atoms with van der Waals surface area (Å²) in [5.41, 5.74) is -0.285. The first-order valence-electron chi connectivity index (χ1n) is 7.64. The monoisotopic (exact) mass is 331 g/mol. The highest BCUT2D eigenvalue weighted by molar-refractivity contribution is 6.03. The number of aliphatic carboxylic acids is 1. The Morgan fingerprint density at radius 1 is 1.38 bits per heavy atom. The van der Waals surface area contributed by atoms with Gasteiger partial charge in [0, 0.05) is 6.07 Å². The molecule has 1 spiro atoms. The normalized spacial score (nSPS) is 33.0. The number of fused-ring (bicyclic) bond motifs is 1. The molecule has 1 N–H and O–H groups in total. The molecule has 1 aromatic rings. The number of carbonyl (C=O) groups is 2. The first-order chi connectivity index (χ1) is 11.5. The second kappa shape index (κ2) is 4.98. The molecule has 2 bridgehead atoms. The lowest BCUT2D eigenvalue weighted by atomic mass is 9.77. The standard InChI is InChI=1S/C17H17NO6/c1-22-9-3-4-10(12(7-9)23-2)18-8-17-6-5-11(24-17)13(16(20)21)14(17)15(18)19/h3-7,11,13-14H,8H2,1-2H3,(H,20,21)/t11-,13-,14+,17-/m1/s1. The van der Waals surface area contributed by atoms with Crippen molar-refractivity contribution in [3.05, 3.63) is 30.4 Å². The molecule has 0 unspecified atom stereocenters. The van der Waals surface area contributed by atoms with Crippen LogP contribution in [-0.4, -0.2) is 49.5 Å². The van der Waals surface area contributed by atoms with Crippen LogP contribution in [0.4, 0.5) is 5.69 Å². The van der Waals surface area contributed by atoms with Crippen LogP contribution in [0, 0.1) is 11.8 Å². The Morgan fingerprint density at radius 2 is 2.17 bits per heavy atom. The maximum Gasteiger partial charge on any atom is 0.310 e. The minimum Gasteiger partial charge on any atom is -0.497 e. The van der Waals surface area contributed by atoms with Crippen LogP contribution in [0.1, 0.15) is 0 Å². The van der Waals surface area contributed by atoms with E-state index in [0.29, 0.717) is 17.2 Å². The molecule has 2 fully saturated rings. The van der Waals surface area contributed by atoms with Crippen LogP contribution in [0.25, 0.3) is 0 Å². The maximum absolute atomic E-state index is 13.0. The predicted octanol–water partition coefficient (Wildman–Crippen LogP) is 1.07. The fourth-order valence-electron chi connectivity index (χ4n) is 3.99. The zero-order valence-electron chi connectivity index (χ0n) is 13.3. The van der Waals surface area contributed by atoms with Crippen molar-refractivity contribution in [1.82, 2.24) is 0 Å². The van der Waals surface area contributed by atoms with Crippen molar-refractivity contribution in [2.75, 3.05) is 25.7 Å². The number of carboxylic acid groups (broad SMARTS) is 1. The molecule has 0 saturated carbocycles. The predicted molar refractivity (Wildman–Crippen MR) is 83.3 cm³/mol. The Bertz CT molecular complexity index is 759. The van der Waals surface area contributed by atoms with Crippen molar-refractivity contribution in [2.24, 2.45) is 11.8 Å². The van der Waals surface area contributed by atoms with E-state index in [1.165, 1.54) is 7.11 Å². The van der Waals surface area contributed by atoms with Crippen LogP contribution in [0.5, 0.6) is 11.5 Å². The van der Waals surface area contributed by atoms with Crippen molar-refractivity contribution in [3.8, 4) is 11.5 Å². The summed E-state index contributed by atoms with van der Waals surface area (Å²) in [6, 6.07) is 5.16. The van der Waals surface area contributed by atoms with Crippen LogP contribution < -0.4 is 14.4 Å². The summed E-state index contributed by atoms with van der Waals surface area (Å²) in [4.78, 5) is 26.1. The Kier molecular flexibility index (Phi) is 3.11. The number of hydrogen-bond donors (Lipinski definition) is 1. The van der Waals surface area contributed by atoms with Gasteiger partial charge in [0.25, 0.3) is 0 Å². The van der Waals surface area contributed by atoms with E-state index in [1.54, 1.807) is 36.3 Å². The molecular formula is C17H17NO6. The highest BCUT2D eigenvalue weighted by atomic mass is 16.5. The van der Waals surface area contributed by atoms with Gasteiger partial charge in [-0.25, -0.2) is 0 Å². The topological polar surface area (TPSA) is 85.3 Å². The van der Waals surface area contributed by atoms with E-state index in [2.05, 4.69) is 0 Å². The Morgan fingerprint density at radius 3 is 2.83 bits per heavy atom. The van der Waals surface area contributed by atoms with Gasteiger partial charge in [-0.15, -0.1) is 0 Å². The molecule has 24 heavy (non-hydrogen) atoms. The lowest BCUT2D eigenvalue weighted by Crippen LogP contribution is -2.39. The van der Waals surface area contributed by atoms with Crippen molar-refractivity contribution < 1.29 is 28.9 Å². The summed E-state index contributed by atoms with van der Waals surface area (Å²) in [5.74, 6) is -1.72. The van der Waals surface area contributed by atoms with Gasteiger partial charge < -0.3 is 24.2 Å². The second-order valence-electron chi connectivity index (χ2n) is 6.20. The minimum atomic E-state index is -1.01. The molecule has 0 aliphatic carbocycles. The van der Waals surface area contributed by atoms with E-state index in [1.807, 2.05) is 6.08 Å². The Balaban J connectivity index is 1.74. The van der Waals surface area contributed by atoms with Crippen LogP contribution in [-0.2, 0) is 14.3 Å². The minimum absolute atomic E-state index is 0.252. The molecule has 4 rings (SSSR count). The second-order valence-corrected chi connectivity index (χ2v) is 6.20. The highest BCUT2D eigenvalue weighted by Crippen LogP contribution is 2.53. The van der Waals surface area contributed by atoms with E-state index in [4.69, 9.17) is 14.2 Å². The molecule has 7 heteroatoms. The molecule has 1 amide bonds. The molecule has 0 radical (unpaired) electrons. The van der Waals surface area contributed by atoms with Crippen LogP contribution in [0.15, 0.2) is 30.4 Å². The number of carboxylic acids is 1. The lowest BCUT2D eigenvalue weighted by molar-refractivity contribution is -0.146. The number of methoxy groups -OCH3 is 2. The molecule has 4 atom stereocenters. The molecule has 1 aromatic carbocycles. The zero-order valence-corrected chi connectivity index (χ0v) is 13.3. The fourth-order valence-corrected chi connectivity index (χ4v) is 3.99. The quantitative estimate of drug-likeness (QED) is 0.831. The average Bonchev–Trinajstić information content (AvgIpc) is 3.22. The van der Waals surface area contributed by atoms with Crippen molar-refractivity contribution in [3.63, 3.8) is 0 Å². The van der Waals surface area contributed by atoms with Crippen LogP contribution in [0.3, 0.4) is 0 Å². The zero-order chi connectivity index (χ0) is 17.1. The Labute approximate surface area is 138 Å². The molecule has 3 aliphatic rings. The molecular weight excluding hydrogens is 314 g/mol. The van der Waals surface area contributed by atoms with Gasteiger partial charge in [0.05, 0.1) is 38.5 Å². The van der Waals surface area contributed by atoms with Gasteiger partial charge >= 0.3 is 5.97 Å². The number of ether oxygens (including phenoxy) is 3. The number of carbonyl (C=O) groups excluding carboxylic acids is 1. The first kappa shape index (κ1) is 15.0. The van der Waals surface area contributed by atoms with E-state index in [0.717, 1.165) is 0 Å². The van der Waals surface area contributed by atoms with Gasteiger partial charge in [0.2, 0.25) is 5.91 Å². The van der Waals surface area contributed by atoms with E-state index >= 15 is 0 Å². The van der Waals surface area contributed by atoms with Gasteiger partial charge in [-0.2, -0.15) is 0 Å². The molecule has 3 heterocycles. The first-order valence-corrected chi connectivity index (χ1v) is 7.64. The molecule has 7 nitrogen and oxygen atoms in total. The summed E-state index contributed by atoms with van der Waals surface area (Å²) in [6.07, 6.45) is 3.05. The SMILES string of the molecule is COc1ccc(N2C[C@@]34C=C[C@@H](O3)[C@@H](C(=O)O)[C@H]4C2=O)c(OC)c1. The smallest absolute Gasteiger partial charge is 0.310 e. The lowest BCUT2D eigenvalue weighted by Gasteiger charge is -2.23. The molecule has 3 aliphatic heterocycles. The number of hydrogen-bond acceptors (Lipinski definition) is 5. The Hall–Kier alpha value is -2.54. The van der Waals surface area contributed by atoms with Gasteiger partial charge in [0.1, 0.15) is 23.0 Å². The third-order valence-corrected chi connectivity index (χ3v) is 5.06. The van der Waals surface area contributed by atoms with E-state index in [-0.39, 0.29) is 12.5 Å². The largest absolute Gasteiger partial charge is 0.497 e. The fraction of sp³-hybridized carbons (Fsp3) is 0.412. The summed E-state index contributed by atoms with van der Waals surface area (Å²) in [5, 5.41) is 9.50. The van der Waals surface area contributed by atoms with Gasteiger partial charge in [-0.1, -0.05) is 12.2 Å². The summed E-state index contributed by atoms with van der Waals surface area (Å²) >= 11 is 0. The van der Waals surface area contributed by atoms with Crippen molar-refractivity contribution >= 4 is 17.6 Å². The molecule has 126 valence electrons. The van der Waals surface area contributed by atoms with Gasteiger partial charge in [0.15, 0.2) is 0 Å². The third-order valence-electron chi connectivity index (χ3n) is 5.06. The van der Waals surface area contributed by atoms with Crippen molar-refractivity contribution in [1.29, 1.82) is 0 Å². The van der Waals surface area contributed by atoms with Gasteiger partial charge in [-0.3, -0.25) is 9.59 Å². The van der Waals surface area contributed by atoms with E-state index in [9.17, 15) is 14.7 Å². The molecule has 0 aromatic heterocycles. The summed E-state index contributed by atoms with van der Waals surface area (Å²) < 4.78 is 16.4. The third kappa shape index (κ3) is 1.81. The van der Waals surface area contributed by atoms with Gasteiger partial charge in [-0.05, 0) is 12.1 Å². The number of nitrogens with zero attached hydrogens (tertiary/aromatic N) is 1. The highest BCUT2D eigenvalue weighted by Gasteiger charge is 2.67. The number of amides is 1. The molecule has 2 saturated heterocycles. The number of rotatable bonds is 4. The number of anilines is 1. The number of benzene rings is 1.